The van der Waals surface area contributed by atoms with Crippen LogP contribution in [0.1, 0.15) is 49.5 Å². The summed E-state index contributed by atoms with van der Waals surface area (Å²) in [6.07, 6.45) is 0.931. The van der Waals surface area contributed by atoms with E-state index >= 15 is 0 Å². The van der Waals surface area contributed by atoms with Gasteiger partial charge in [-0.3, -0.25) is 18.7 Å². The minimum absolute atomic E-state index is 0.0240. The van der Waals surface area contributed by atoms with Crippen molar-refractivity contribution in [1.82, 2.24) is 19.0 Å². The number of nitrogens with one attached hydrogen (secondary N) is 1. The molecule has 10 nitrogen and oxygen atoms in total. The Kier molecular flexibility index (Phi) is 8.69. The standard InChI is InChI=1S/C32H35ClFN5O5/c1-32(2,3)44-30(42)35-23-11-8-14-37(18-23)27-16-25-28(38(27)17-21-15-22(34)12-13-24(21)33)29(41)39(31(43)36(25)4)19-26(40)20-9-6-5-7-10-20/h5-7,9-10,12-13,15-16,23H,8,11,14,17-19H2,1-4H3,(H,35,42)/t23-/m1/s1. The maximum Gasteiger partial charge on any atom is 0.407 e. The summed E-state index contributed by atoms with van der Waals surface area (Å²) in [5, 5.41) is 3.24. The van der Waals surface area contributed by atoms with Crippen molar-refractivity contribution in [2.45, 2.75) is 58.3 Å². The number of hydrogen-bond acceptors (Lipinski definition) is 6. The van der Waals surface area contributed by atoms with Crippen LogP contribution in [0.25, 0.3) is 11.0 Å². The molecule has 1 fully saturated rings. The number of fused-ring (bicyclic) bond motifs is 1. The molecule has 3 heterocycles. The first kappa shape index (κ1) is 31.1. The van der Waals surface area contributed by atoms with Gasteiger partial charge in [0.25, 0.3) is 5.56 Å². The molecule has 1 atom stereocenters. The summed E-state index contributed by atoms with van der Waals surface area (Å²) >= 11 is 6.46. The first-order valence-corrected chi connectivity index (χ1v) is 14.8. The Labute approximate surface area is 258 Å². The molecule has 1 amide bonds. The molecular formula is C32H35ClFN5O5. The maximum absolute atomic E-state index is 14.3. The topological polar surface area (TPSA) is 108 Å². The summed E-state index contributed by atoms with van der Waals surface area (Å²) in [4.78, 5) is 55.1. The zero-order chi connectivity index (χ0) is 31.8. The van der Waals surface area contributed by atoms with E-state index in [1.807, 2.05) is 4.90 Å². The summed E-state index contributed by atoms with van der Waals surface area (Å²) in [5.41, 5.74) is -0.596. The molecule has 2 aromatic carbocycles. The van der Waals surface area contributed by atoms with Gasteiger partial charge in [-0.2, -0.15) is 0 Å². The molecule has 44 heavy (non-hydrogen) atoms. The Morgan fingerprint density at radius 2 is 1.80 bits per heavy atom. The van der Waals surface area contributed by atoms with Crippen molar-refractivity contribution < 1.29 is 18.7 Å². The number of anilines is 1. The van der Waals surface area contributed by atoms with E-state index < -0.39 is 35.3 Å². The van der Waals surface area contributed by atoms with Crippen molar-refractivity contribution in [3.8, 4) is 0 Å². The molecule has 12 heteroatoms. The van der Waals surface area contributed by atoms with Gasteiger partial charge in [-0.25, -0.2) is 14.0 Å². The van der Waals surface area contributed by atoms with Gasteiger partial charge in [-0.05, 0) is 57.4 Å². The normalized spacial score (nSPS) is 15.4. The Hall–Kier alpha value is -4.38. The van der Waals surface area contributed by atoms with Gasteiger partial charge in [0, 0.05) is 42.8 Å². The van der Waals surface area contributed by atoms with Crippen LogP contribution in [0.2, 0.25) is 5.02 Å². The molecule has 0 saturated carbocycles. The van der Waals surface area contributed by atoms with E-state index in [4.69, 9.17) is 16.3 Å². The predicted octanol–water partition coefficient (Wildman–Crippen LogP) is 4.72. The van der Waals surface area contributed by atoms with E-state index in [1.54, 1.807) is 68.8 Å². The zero-order valence-electron chi connectivity index (χ0n) is 25.1. The molecule has 5 rings (SSSR count). The number of ether oxygens (including phenoxy) is 1. The molecule has 0 spiro atoms. The molecule has 1 N–H and O–H groups in total. The van der Waals surface area contributed by atoms with Crippen LogP contribution in [-0.2, 0) is 24.9 Å². The van der Waals surface area contributed by atoms with Crippen molar-refractivity contribution >= 4 is 40.3 Å². The number of ketones is 1. The maximum atomic E-state index is 14.3. The highest BCUT2D eigenvalue weighted by molar-refractivity contribution is 6.31. The van der Waals surface area contributed by atoms with E-state index in [0.29, 0.717) is 40.6 Å². The SMILES string of the molecule is Cn1c(=O)n(CC(=O)c2ccccc2)c(=O)c2c1cc(N1CCC[C@@H](NC(=O)OC(C)(C)C)C1)n2Cc1cc(F)ccc1Cl. The third kappa shape index (κ3) is 6.57. The number of aromatic nitrogens is 3. The molecule has 1 aliphatic rings. The molecular weight excluding hydrogens is 589 g/mol. The van der Waals surface area contributed by atoms with Crippen LogP contribution in [0.15, 0.2) is 64.2 Å². The van der Waals surface area contributed by atoms with Crippen molar-refractivity contribution in [2.24, 2.45) is 7.05 Å². The number of nitrogens with zero attached hydrogens (tertiary/aromatic N) is 4. The van der Waals surface area contributed by atoms with Crippen molar-refractivity contribution in [3.05, 3.63) is 97.4 Å². The fourth-order valence-corrected chi connectivity index (χ4v) is 5.71. The number of carbonyl (C=O) groups excluding carboxylic acids is 2. The van der Waals surface area contributed by atoms with Crippen molar-refractivity contribution in [3.63, 3.8) is 0 Å². The molecule has 4 aromatic rings. The van der Waals surface area contributed by atoms with E-state index in [2.05, 4.69) is 5.32 Å². The molecule has 1 aliphatic heterocycles. The summed E-state index contributed by atoms with van der Waals surface area (Å²) in [6, 6.07) is 14.0. The van der Waals surface area contributed by atoms with E-state index in [-0.39, 0.29) is 23.9 Å². The second-order valence-electron chi connectivity index (χ2n) is 12.0. The molecule has 0 bridgehead atoms. The third-order valence-electron chi connectivity index (χ3n) is 7.58. The Bertz CT molecular complexity index is 1840. The van der Waals surface area contributed by atoms with Gasteiger partial charge in [0.05, 0.1) is 18.6 Å². The largest absolute Gasteiger partial charge is 0.444 e. The lowest BCUT2D eigenvalue weighted by molar-refractivity contribution is 0.0499. The minimum atomic E-state index is -0.651. The fourth-order valence-electron chi connectivity index (χ4n) is 5.53. The average Bonchev–Trinajstić information content (AvgIpc) is 3.35. The Morgan fingerprint density at radius 3 is 2.50 bits per heavy atom. The monoisotopic (exact) mass is 623 g/mol. The average molecular weight is 624 g/mol. The minimum Gasteiger partial charge on any atom is -0.444 e. The Balaban J connectivity index is 1.61. The van der Waals surface area contributed by atoms with Gasteiger partial charge in [0.2, 0.25) is 0 Å². The predicted molar refractivity (Wildman–Crippen MR) is 167 cm³/mol. The lowest BCUT2D eigenvalue weighted by Gasteiger charge is -2.35. The van der Waals surface area contributed by atoms with Crippen LogP contribution in [0.3, 0.4) is 0 Å². The van der Waals surface area contributed by atoms with Crippen LogP contribution in [0, 0.1) is 5.82 Å². The number of aryl methyl sites for hydroxylation is 1. The molecule has 0 unspecified atom stereocenters. The van der Waals surface area contributed by atoms with Gasteiger partial charge in [0.1, 0.15) is 22.8 Å². The molecule has 1 saturated heterocycles. The number of benzene rings is 2. The van der Waals surface area contributed by atoms with Gasteiger partial charge >= 0.3 is 11.8 Å². The molecule has 0 aliphatic carbocycles. The number of Topliss-reactive ketones (excluding diaryl/α,β-unsaturated/α-hetero) is 1. The summed E-state index contributed by atoms with van der Waals surface area (Å²) in [6.45, 7) is 5.96. The van der Waals surface area contributed by atoms with Gasteiger partial charge in [-0.15, -0.1) is 0 Å². The van der Waals surface area contributed by atoms with Crippen LogP contribution in [0.5, 0.6) is 0 Å². The first-order valence-electron chi connectivity index (χ1n) is 14.4. The summed E-state index contributed by atoms with van der Waals surface area (Å²) < 4.78 is 23.7. The van der Waals surface area contributed by atoms with Crippen LogP contribution < -0.4 is 21.5 Å². The highest BCUT2D eigenvalue weighted by Gasteiger charge is 2.29. The number of halogens is 2. The summed E-state index contributed by atoms with van der Waals surface area (Å²) in [5.74, 6) is -0.279. The third-order valence-corrected chi connectivity index (χ3v) is 7.95. The van der Waals surface area contributed by atoms with Gasteiger partial charge < -0.3 is 19.5 Å². The highest BCUT2D eigenvalue weighted by atomic mass is 35.5. The van der Waals surface area contributed by atoms with Crippen LogP contribution >= 0.6 is 11.6 Å². The second-order valence-corrected chi connectivity index (χ2v) is 12.4. The number of piperidine rings is 1. The lowest BCUT2D eigenvalue weighted by Crippen LogP contribution is -2.49. The smallest absolute Gasteiger partial charge is 0.407 e. The van der Waals surface area contributed by atoms with Crippen LogP contribution in [-0.4, -0.2) is 50.3 Å². The second kappa shape index (κ2) is 12.3. The van der Waals surface area contributed by atoms with Gasteiger partial charge in [-0.1, -0.05) is 41.9 Å². The fraction of sp³-hybridized carbons (Fsp3) is 0.375. The Morgan fingerprint density at radius 1 is 1.07 bits per heavy atom. The van der Waals surface area contributed by atoms with E-state index in [9.17, 15) is 23.6 Å². The number of alkyl carbamates (subject to hydrolysis) is 1. The quantitative estimate of drug-likeness (QED) is 0.299. The number of amides is 1. The number of carbonyl (C=O) groups is 2. The zero-order valence-corrected chi connectivity index (χ0v) is 25.9. The van der Waals surface area contributed by atoms with Gasteiger partial charge in [0.15, 0.2) is 5.78 Å². The van der Waals surface area contributed by atoms with Crippen molar-refractivity contribution in [1.29, 1.82) is 0 Å². The molecule has 0 radical (unpaired) electrons. The van der Waals surface area contributed by atoms with E-state index in [1.165, 1.54) is 22.8 Å². The van der Waals surface area contributed by atoms with Crippen LogP contribution in [0.4, 0.5) is 15.0 Å². The van der Waals surface area contributed by atoms with E-state index in [0.717, 1.165) is 17.4 Å². The highest BCUT2D eigenvalue weighted by Crippen LogP contribution is 2.29. The van der Waals surface area contributed by atoms with Crippen molar-refractivity contribution in [2.75, 3.05) is 18.0 Å². The number of rotatable bonds is 7. The first-order chi connectivity index (χ1) is 20.8. The molecule has 2 aromatic heterocycles. The number of hydrogen-bond donors (Lipinski definition) is 1. The molecule has 232 valence electrons. The summed E-state index contributed by atoms with van der Waals surface area (Å²) in [7, 11) is 1.54. The lowest BCUT2D eigenvalue weighted by atomic mass is 10.1.